The number of nitrogens with zero attached hydrogens (tertiary/aromatic N) is 7. The lowest BCUT2D eigenvalue weighted by Crippen LogP contribution is -2.56. The lowest BCUT2D eigenvalue weighted by Gasteiger charge is -2.43. The van der Waals surface area contributed by atoms with Crippen molar-refractivity contribution < 1.29 is 9.53 Å². The van der Waals surface area contributed by atoms with E-state index in [1.54, 1.807) is 14.0 Å². The van der Waals surface area contributed by atoms with Crippen LogP contribution in [0.2, 0.25) is 0 Å². The third-order valence-corrected chi connectivity index (χ3v) is 9.65. The second-order valence-electron chi connectivity index (χ2n) is 12.1. The number of aromatic amines is 1. The summed E-state index contributed by atoms with van der Waals surface area (Å²) in [7, 11) is 3.90. The molecule has 3 fully saturated rings. The first-order chi connectivity index (χ1) is 20.8. The summed E-state index contributed by atoms with van der Waals surface area (Å²) < 4.78 is 5.99. The predicted octanol–water partition coefficient (Wildman–Crippen LogP) is 3.44. The van der Waals surface area contributed by atoms with E-state index < -0.39 is 0 Å². The van der Waals surface area contributed by atoms with Gasteiger partial charge in [-0.3, -0.25) is 19.7 Å². The summed E-state index contributed by atoms with van der Waals surface area (Å²) in [6.45, 7) is 12.3. The number of carbonyl (C=O) groups is 1. The summed E-state index contributed by atoms with van der Waals surface area (Å²) >= 11 is 1.51. The number of hydrogen-bond donors (Lipinski definition) is 2. The van der Waals surface area contributed by atoms with Crippen LogP contribution in [0, 0.1) is 6.92 Å². The van der Waals surface area contributed by atoms with Crippen molar-refractivity contribution in [3.05, 3.63) is 41.6 Å². The van der Waals surface area contributed by atoms with Crippen LogP contribution in [0.1, 0.15) is 31.0 Å². The lowest BCUT2D eigenvalue weighted by atomic mass is 10.1. The number of methoxy groups -OCH3 is 1. The predicted molar refractivity (Wildman–Crippen MR) is 170 cm³/mol. The molecule has 12 heteroatoms. The zero-order valence-electron chi connectivity index (χ0n) is 25.7. The maximum absolute atomic E-state index is 11.6. The Hall–Kier alpha value is -3.19. The van der Waals surface area contributed by atoms with Gasteiger partial charge in [0.25, 0.3) is 0 Å². The molecule has 2 aromatic heterocycles. The Balaban J connectivity index is 1.23. The van der Waals surface area contributed by atoms with E-state index in [2.05, 4.69) is 42.2 Å². The average Bonchev–Trinajstić information content (AvgIpc) is 3.50. The number of aryl methyl sites for hydroxylation is 1. The molecule has 2 bridgehead atoms. The molecule has 3 saturated heterocycles. The summed E-state index contributed by atoms with van der Waals surface area (Å²) in [5, 5.41) is 11.4. The van der Waals surface area contributed by atoms with Crippen LogP contribution < -0.4 is 15.0 Å². The molecule has 1 aromatic carbocycles. The van der Waals surface area contributed by atoms with Crippen LogP contribution in [0.5, 0.6) is 5.75 Å². The standard InChI is InChI=1S/C31H43N9O2S/c1-21-17-27(36-35-21)32-29-28(42-4)30(34-31(33-29)43-26-9-5-23(6-10-26)18-22(2)41)39-19-24-7-8-25(20-39)40(24)16-15-38-13-11-37(3)12-14-38/h5-6,9-10,17,24-25H,7-8,11-16,18-20H2,1-4H3,(H2,32,33,34,35,36). The molecule has 5 heterocycles. The first-order valence-corrected chi connectivity index (χ1v) is 16.1. The molecule has 2 unspecified atom stereocenters. The van der Waals surface area contributed by atoms with E-state index in [1.165, 1.54) is 24.6 Å². The maximum Gasteiger partial charge on any atom is 0.204 e. The van der Waals surface area contributed by atoms with E-state index in [9.17, 15) is 4.79 Å². The number of aromatic nitrogens is 4. The number of nitrogens with one attached hydrogen (secondary N) is 2. The number of H-pyrrole nitrogens is 1. The van der Waals surface area contributed by atoms with Crippen molar-refractivity contribution in [3.63, 3.8) is 0 Å². The molecule has 2 N–H and O–H groups in total. The van der Waals surface area contributed by atoms with Crippen LogP contribution in [0.15, 0.2) is 40.4 Å². The van der Waals surface area contributed by atoms with E-state index in [-0.39, 0.29) is 5.78 Å². The fourth-order valence-corrected chi connectivity index (χ4v) is 7.23. The van der Waals surface area contributed by atoms with E-state index in [4.69, 9.17) is 14.7 Å². The first kappa shape index (κ1) is 29.9. The Labute approximate surface area is 258 Å². The third kappa shape index (κ3) is 7.14. The third-order valence-electron chi connectivity index (χ3n) is 8.77. The molecule has 0 spiro atoms. The molecule has 3 aromatic rings. The molecular formula is C31H43N9O2S. The SMILES string of the molecule is COc1c(Nc2cc(C)[nH]n2)nc(Sc2ccc(CC(C)=O)cc2)nc1N1CC2CCC(C1)N2CCN1CCN(C)CC1. The molecule has 11 nitrogen and oxygen atoms in total. The molecule has 3 aliphatic rings. The Morgan fingerprint density at radius 2 is 1.79 bits per heavy atom. The number of ether oxygens (including phenoxy) is 1. The number of hydrogen-bond acceptors (Lipinski definition) is 11. The van der Waals surface area contributed by atoms with E-state index in [0.717, 1.165) is 74.3 Å². The van der Waals surface area contributed by atoms with Gasteiger partial charge in [0.1, 0.15) is 5.78 Å². The van der Waals surface area contributed by atoms with Crippen molar-refractivity contribution in [2.75, 3.05) is 76.7 Å². The van der Waals surface area contributed by atoms with Gasteiger partial charge in [0, 0.05) is 87.5 Å². The number of anilines is 3. The Morgan fingerprint density at radius 3 is 2.42 bits per heavy atom. The van der Waals surface area contributed by atoms with Gasteiger partial charge in [0.15, 0.2) is 22.6 Å². The maximum atomic E-state index is 11.6. The quantitative estimate of drug-likeness (QED) is 0.314. The number of rotatable bonds is 11. The van der Waals surface area contributed by atoms with E-state index in [1.807, 2.05) is 37.3 Å². The number of benzene rings is 1. The van der Waals surface area contributed by atoms with E-state index in [0.29, 0.717) is 41.0 Å². The van der Waals surface area contributed by atoms with Crippen molar-refractivity contribution in [2.24, 2.45) is 0 Å². The van der Waals surface area contributed by atoms with Crippen molar-refractivity contribution >= 4 is 35.0 Å². The van der Waals surface area contributed by atoms with Gasteiger partial charge in [-0.1, -0.05) is 12.1 Å². The van der Waals surface area contributed by atoms with Crippen LogP contribution in [-0.4, -0.2) is 119 Å². The van der Waals surface area contributed by atoms with Crippen molar-refractivity contribution in [3.8, 4) is 5.75 Å². The van der Waals surface area contributed by atoms with Gasteiger partial charge in [-0.25, -0.2) is 9.97 Å². The molecule has 2 atom stereocenters. The topological polar surface area (TPSA) is 106 Å². The number of ketones is 1. The van der Waals surface area contributed by atoms with Crippen LogP contribution >= 0.6 is 11.8 Å². The van der Waals surface area contributed by atoms with Crippen molar-refractivity contribution in [2.45, 2.75) is 55.2 Å². The number of Topliss-reactive ketones (excluding diaryl/α,β-unsaturated/α-hetero) is 1. The van der Waals surface area contributed by atoms with Crippen LogP contribution in [0.25, 0.3) is 0 Å². The van der Waals surface area contributed by atoms with E-state index >= 15 is 0 Å². The van der Waals surface area contributed by atoms with Gasteiger partial charge < -0.3 is 19.9 Å². The number of piperazine rings is 2. The molecule has 230 valence electrons. The smallest absolute Gasteiger partial charge is 0.204 e. The van der Waals surface area contributed by atoms with Gasteiger partial charge in [-0.05, 0) is 63.2 Å². The highest BCUT2D eigenvalue weighted by atomic mass is 32.2. The minimum absolute atomic E-state index is 0.154. The second-order valence-corrected chi connectivity index (χ2v) is 13.1. The van der Waals surface area contributed by atoms with Gasteiger partial charge in [0.2, 0.25) is 5.75 Å². The Bertz CT molecular complexity index is 1390. The highest BCUT2D eigenvalue weighted by Gasteiger charge is 2.41. The molecule has 0 amide bonds. The molecule has 3 aliphatic heterocycles. The van der Waals surface area contributed by atoms with Crippen molar-refractivity contribution in [1.29, 1.82) is 0 Å². The fourth-order valence-electron chi connectivity index (χ4n) is 6.48. The van der Waals surface area contributed by atoms with Crippen LogP contribution in [0.4, 0.5) is 17.5 Å². The largest absolute Gasteiger partial charge is 0.490 e. The highest BCUT2D eigenvalue weighted by molar-refractivity contribution is 7.99. The monoisotopic (exact) mass is 605 g/mol. The number of fused-ring (bicyclic) bond motifs is 2. The zero-order valence-corrected chi connectivity index (χ0v) is 26.5. The summed E-state index contributed by atoms with van der Waals surface area (Å²) in [4.78, 5) is 32.7. The van der Waals surface area contributed by atoms with Gasteiger partial charge in [-0.15, -0.1) is 0 Å². The molecular weight excluding hydrogens is 562 g/mol. The summed E-state index contributed by atoms with van der Waals surface area (Å²) in [6.07, 6.45) is 2.86. The zero-order chi connectivity index (χ0) is 29.9. The molecule has 0 aliphatic carbocycles. The number of likely N-dealkylation sites (N-methyl/N-ethyl adjacent to an activating group) is 1. The van der Waals surface area contributed by atoms with Gasteiger partial charge in [-0.2, -0.15) is 5.10 Å². The summed E-state index contributed by atoms with van der Waals surface area (Å²) in [5.74, 6) is 2.88. The Morgan fingerprint density at radius 1 is 1.07 bits per heavy atom. The second kappa shape index (κ2) is 13.2. The summed E-state index contributed by atoms with van der Waals surface area (Å²) in [5.41, 5.74) is 1.96. The molecule has 43 heavy (non-hydrogen) atoms. The molecule has 0 saturated carbocycles. The highest BCUT2D eigenvalue weighted by Crippen LogP contribution is 2.41. The normalized spacial score (nSPS) is 21.3. The van der Waals surface area contributed by atoms with Crippen molar-refractivity contribution in [1.82, 2.24) is 34.9 Å². The van der Waals surface area contributed by atoms with Gasteiger partial charge in [0.05, 0.1) is 7.11 Å². The molecule has 0 radical (unpaired) electrons. The summed E-state index contributed by atoms with van der Waals surface area (Å²) in [6, 6.07) is 11.0. The van der Waals surface area contributed by atoms with Crippen LogP contribution in [-0.2, 0) is 11.2 Å². The minimum atomic E-state index is 0.154. The Kier molecular flexibility index (Phi) is 9.17. The minimum Gasteiger partial charge on any atom is -0.490 e. The fraction of sp³-hybridized carbons (Fsp3) is 0.548. The number of carbonyl (C=O) groups excluding carboxylic acids is 1. The lowest BCUT2D eigenvalue weighted by molar-refractivity contribution is -0.116. The first-order valence-electron chi connectivity index (χ1n) is 15.3. The average molecular weight is 606 g/mol. The van der Waals surface area contributed by atoms with Gasteiger partial charge >= 0.3 is 0 Å². The molecule has 6 rings (SSSR count). The van der Waals surface area contributed by atoms with Crippen LogP contribution in [0.3, 0.4) is 0 Å².